The number of halogens is 3. The molecule has 0 radical (unpaired) electrons. The van der Waals surface area contributed by atoms with Crippen molar-refractivity contribution >= 4 is 12.0 Å². The molecule has 15 heavy (non-hydrogen) atoms. The Hall–Kier alpha value is -2.13. The number of carbonyl (C=O) groups is 2. The van der Waals surface area contributed by atoms with E-state index in [1.807, 2.05) is 0 Å². The van der Waals surface area contributed by atoms with Crippen molar-refractivity contribution in [3.8, 4) is 5.88 Å². The van der Waals surface area contributed by atoms with Gasteiger partial charge in [-0.25, -0.2) is 9.59 Å². The van der Waals surface area contributed by atoms with Gasteiger partial charge in [-0.3, -0.25) is 0 Å². The summed E-state index contributed by atoms with van der Waals surface area (Å²) in [7, 11) is 0. The highest BCUT2D eigenvalue weighted by atomic mass is 19.4. The second kappa shape index (κ2) is 3.55. The molecular formula is C5H3F3N4O3. The lowest BCUT2D eigenvalue weighted by Gasteiger charge is -2.05. The largest absolute Gasteiger partial charge is 0.491 e. The second-order valence-corrected chi connectivity index (χ2v) is 2.21. The Labute approximate surface area is 79.6 Å². The average Bonchev–Trinajstić information content (AvgIpc) is 2.50. The quantitative estimate of drug-likeness (QED) is 0.658. The highest BCUT2D eigenvalue weighted by molar-refractivity contribution is 5.80. The summed E-state index contributed by atoms with van der Waals surface area (Å²) in [5, 5.41) is 6.04. The van der Waals surface area contributed by atoms with E-state index in [1.54, 1.807) is 0 Å². The van der Waals surface area contributed by atoms with Crippen LogP contribution >= 0.6 is 0 Å². The summed E-state index contributed by atoms with van der Waals surface area (Å²) in [5.41, 5.74) is 4.69. The molecule has 0 aromatic carbocycles. The van der Waals surface area contributed by atoms with Crippen molar-refractivity contribution in [3.63, 3.8) is 0 Å². The first kappa shape index (κ1) is 10.9. The van der Waals surface area contributed by atoms with Crippen molar-refractivity contribution in [2.45, 2.75) is 6.18 Å². The van der Waals surface area contributed by atoms with Crippen LogP contribution in [0.4, 0.5) is 18.0 Å². The zero-order valence-electron chi connectivity index (χ0n) is 6.85. The van der Waals surface area contributed by atoms with Crippen LogP contribution in [-0.2, 0) is 4.79 Å². The zero-order chi connectivity index (χ0) is 11.6. The number of nitrogens with zero attached hydrogens (tertiary/aromatic N) is 3. The summed E-state index contributed by atoms with van der Waals surface area (Å²) < 4.78 is 39.2. The SMILES string of the molecule is NC(=O)n1nncc1OC(=O)C(F)(F)F. The Morgan fingerprint density at radius 1 is 1.47 bits per heavy atom. The Morgan fingerprint density at radius 2 is 2.07 bits per heavy atom. The van der Waals surface area contributed by atoms with E-state index in [-0.39, 0.29) is 4.68 Å². The van der Waals surface area contributed by atoms with Crippen LogP contribution in [0.3, 0.4) is 0 Å². The molecule has 0 fully saturated rings. The maximum atomic E-state index is 11.7. The molecule has 0 saturated carbocycles. The number of esters is 1. The van der Waals surface area contributed by atoms with E-state index >= 15 is 0 Å². The lowest BCUT2D eigenvalue weighted by molar-refractivity contribution is -0.190. The van der Waals surface area contributed by atoms with Gasteiger partial charge in [0.1, 0.15) is 6.20 Å². The van der Waals surface area contributed by atoms with Gasteiger partial charge in [-0.2, -0.15) is 13.2 Å². The van der Waals surface area contributed by atoms with E-state index in [1.165, 1.54) is 0 Å². The monoisotopic (exact) mass is 224 g/mol. The predicted octanol–water partition coefficient (Wildman–Crippen LogP) is -0.327. The van der Waals surface area contributed by atoms with Gasteiger partial charge in [0.05, 0.1) is 0 Å². The molecule has 0 atom stereocenters. The topological polar surface area (TPSA) is 100 Å². The van der Waals surface area contributed by atoms with Gasteiger partial charge in [0.2, 0.25) is 0 Å². The smallest absolute Gasteiger partial charge is 0.399 e. The maximum absolute atomic E-state index is 11.7. The number of hydrogen-bond donors (Lipinski definition) is 1. The van der Waals surface area contributed by atoms with Crippen LogP contribution in [-0.4, -0.2) is 33.2 Å². The van der Waals surface area contributed by atoms with Gasteiger partial charge in [0.15, 0.2) is 0 Å². The molecule has 0 saturated heterocycles. The summed E-state index contributed by atoms with van der Waals surface area (Å²) in [6.07, 6.45) is -4.53. The number of nitrogens with two attached hydrogens (primary N) is 1. The lowest BCUT2D eigenvalue weighted by Crippen LogP contribution is -2.30. The normalized spacial score (nSPS) is 11.1. The minimum Gasteiger partial charge on any atom is -0.399 e. The fourth-order valence-electron chi connectivity index (χ4n) is 0.601. The fraction of sp³-hybridized carbons (Fsp3) is 0.200. The molecule has 0 unspecified atom stereocenters. The molecule has 0 aliphatic rings. The van der Waals surface area contributed by atoms with E-state index < -0.39 is 24.1 Å². The Kier molecular flexibility index (Phi) is 2.59. The first-order valence-electron chi connectivity index (χ1n) is 3.32. The van der Waals surface area contributed by atoms with Gasteiger partial charge in [-0.1, -0.05) is 5.21 Å². The number of ether oxygens (including phenoxy) is 1. The summed E-state index contributed by atoms with van der Waals surface area (Å²) in [6.45, 7) is 0. The molecule has 7 nitrogen and oxygen atoms in total. The molecule has 1 aromatic rings. The molecule has 0 aliphatic heterocycles. The van der Waals surface area contributed by atoms with Crippen LogP contribution in [0.15, 0.2) is 6.20 Å². The fourth-order valence-corrected chi connectivity index (χ4v) is 0.601. The van der Waals surface area contributed by atoms with Gasteiger partial charge in [0, 0.05) is 0 Å². The molecule has 0 aliphatic carbocycles. The van der Waals surface area contributed by atoms with Gasteiger partial charge in [-0.15, -0.1) is 9.78 Å². The summed E-state index contributed by atoms with van der Waals surface area (Å²) in [5.74, 6) is -3.29. The molecule has 1 rings (SSSR count). The number of primary amides is 1. The van der Waals surface area contributed by atoms with Crippen LogP contribution in [0.1, 0.15) is 0 Å². The Balaban J connectivity index is 2.86. The van der Waals surface area contributed by atoms with Gasteiger partial charge in [0.25, 0.3) is 5.88 Å². The van der Waals surface area contributed by atoms with Crippen molar-refractivity contribution in [1.82, 2.24) is 15.0 Å². The number of alkyl halides is 3. The van der Waals surface area contributed by atoms with Crippen LogP contribution < -0.4 is 10.5 Å². The number of hydrogen-bond acceptors (Lipinski definition) is 5. The van der Waals surface area contributed by atoms with Crippen molar-refractivity contribution in [1.29, 1.82) is 0 Å². The second-order valence-electron chi connectivity index (χ2n) is 2.21. The summed E-state index contributed by atoms with van der Waals surface area (Å²) in [6, 6.07) is -1.22. The summed E-state index contributed by atoms with van der Waals surface area (Å²) >= 11 is 0. The number of amides is 1. The van der Waals surface area contributed by atoms with Crippen molar-refractivity contribution in [2.24, 2.45) is 5.73 Å². The Morgan fingerprint density at radius 3 is 2.53 bits per heavy atom. The highest BCUT2D eigenvalue weighted by Crippen LogP contribution is 2.18. The van der Waals surface area contributed by atoms with Gasteiger partial charge in [-0.05, 0) is 0 Å². The molecule has 10 heteroatoms. The number of carbonyl (C=O) groups excluding carboxylic acids is 2. The first-order chi connectivity index (χ1) is 6.82. The van der Waals surface area contributed by atoms with Gasteiger partial charge >= 0.3 is 18.2 Å². The van der Waals surface area contributed by atoms with Gasteiger partial charge < -0.3 is 10.5 Å². The highest BCUT2D eigenvalue weighted by Gasteiger charge is 2.42. The van der Waals surface area contributed by atoms with Crippen molar-refractivity contribution in [3.05, 3.63) is 6.20 Å². The van der Waals surface area contributed by atoms with Crippen LogP contribution in [0.2, 0.25) is 0 Å². The molecule has 0 spiro atoms. The van der Waals surface area contributed by atoms with E-state index in [2.05, 4.69) is 15.0 Å². The zero-order valence-corrected chi connectivity index (χ0v) is 6.85. The van der Waals surface area contributed by atoms with E-state index in [0.717, 1.165) is 0 Å². The third kappa shape index (κ3) is 2.42. The third-order valence-corrected chi connectivity index (χ3v) is 1.16. The lowest BCUT2D eigenvalue weighted by atomic mass is 10.6. The molecular weight excluding hydrogens is 221 g/mol. The Bertz CT molecular complexity index is 398. The third-order valence-electron chi connectivity index (χ3n) is 1.16. The molecule has 0 bridgehead atoms. The molecule has 1 amide bonds. The van der Waals surface area contributed by atoms with E-state index in [0.29, 0.717) is 6.20 Å². The van der Waals surface area contributed by atoms with E-state index in [4.69, 9.17) is 5.73 Å². The van der Waals surface area contributed by atoms with Crippen molar-refractivity contribution in [2.75, 3.05) is 0 Å². The molecule has 1 aromatic heterocycles. The van der Waals surface area contributed by atoms with Crippen LogP contribution in [0, 0.1) is 0 Å². The molecule has 82 valence electrons. The van der Waals surface area contributed by atoms with Crippen LogP contribution in [0.25, 0.3) is 0 Å². The van der Waals surface area contributed by atoms with E-state index in [9.17, 15) is 22.8 Å². The maximum Gasteiger partial charge on any atom is 0.491 e. The standard InChI is InChI=1S/C5H3F3N4O3/c6-5(7,8)3(13)15-2-1-10-11-12(2)4(9)14/h1H,(H2,9,14). The van der Waals surface area contributed by atoms with Crippen LogP contribution in [0.5, 0.6) is 5.88 Å². The molecule has 2 N–H and O–H groups in total. The predicted molar refractivity (Wildman–Crippen MR) is 36.7 cm³/mol. The number of rotatable bonds is 1. The average molecular weight is 224 g/mol. The molecule has 1 heterocycles. The van der Waals surface area contributed by atoms with Crippen molar-refractivity contribution < 1.29 is 27.5 Å². The number of aromatic nitrogens is 3. The minimum absolute atomic E-state index is 0.212. The summed E-state index contributed by atoms with van der Waals surface area (Å²) in [4.78, 5) is 20.9. The minimum atomic E-state index is -5.17. The first-order valence-corrected chi connectivity index (χ1v) is 3.32.